The van der Waals surface area contributed by atoms with E-state index in [0.29, 0.717) is 19.7 Å². The highest BCUT2D eigenvalue weighted by Gasteiger charge is 2.19. The van der Waals surface area contributed by atoms with Crippen LogP contribution in [-0.2, 0) is 4.79 Å². The van der Waals surface area contributed by atoms with Gasteiger partial charge in [0.1, 0.15) is 17.4 Å². The van der Waals surface area contributed by atoms with Gasteiger partial charge >= 0.3 is 0 Å². The first-order chi connectivity index (χ1) is 10.7. The number of benzene rings is 1. The summed E-state index contributed by atoms with van der Waals surface area (Å²) in [6, 6.07) is 9.32. The Bertz CT molecular complexity index is 569. The van der Waals surface area contributed by atoms with Crippen molar-refractivity contribution in [3.8, 4) is 11.8 Å². The fraction of sp³-hybridized carbons (Fsp3) is 0.375. The molecule has 1 aliphatic heterocycles. The average molecular weight is 300 g/mol. The van der Waals surface area contributed by atoms with Gasteiger partial charge in [-0.05, 0) is 31.2 Å². The van der Waals surface area contributed by atoms with E-state index in [9.17, 15) is 10.1 Å². The molecule has 6 nitrogen and oxygen atoms in total. The number of nitriles is 1. The molecule has 0 radical (unpaired) electrons. The maximum absolute atomic E-state index is 12.2. The summed E-state index contributed by atoms with van der Waals surface area (Å²) in [6.45, 7) is 5.32. The first kappa shape index (κ1) is 15.9. The van der Waals surface area contributed by atoms with Gasteiger partial charge in [-0.15, -0.1) is 0 Å². The molecule has 22 heavy (non-hydrogen) atoms. The molecule has 1 aromatic carbocycles. The minimum absolute atomic E-state index is 0.107. The highest BCUT2D eigenvalue weighted by molar-refractivity contribution is 5.97. The van der Waals surface area contributed by atoms with Crippen LogP contribution in [-0.4, -0.2) is 43.6 Å². The molecule has 0 atom stereocenters. The second kappa shape index (κ2) is 8.05. The van der Waals surface area contributed by atoms with Gasteiger partial charge in [0, 0.05) is 38.1 Å². The van der Waals surface area contributed by atoms with Crippen LogP contribution in [0.25, 0.3) is 0 Å². The van der Waals surface area contributed by atoms with Gasteiger partial charge < -0.3 is 20.3 Å². The van der Waals surface area contributed by atoms with Crippen molar-refractivity contribution < 1.29 is 9.53 Å². The molecule has 0 saturated carbocycles. The van der Waals surface area contributed by atoms with Crippen molar-refractivity contribution in [1.29, 1.82) is 5.26 Å². The Labute approximate surface area is 130 Å². The molecule has 1 saturated heterocycles. The topological polar surface area (TPSA) is 77.4 Å². The molecule has 0 bridgehead atoms. The Hall–Kier alpha value is -2.52. The van der Waals surface area contributed by atoms with Gasteiger partial charge in [0.05, 0.1) is 6.61 Å². The van der Waals surface area contributed by atoms with Gasteiger partial charge in [0.15, 0.2) is 0 Å². The molecule has 2 rings (SSSR count). The highest BCUT2D eigenvalue weighted by atomic mass is 16.5. The number of carbonyl (C=O) groups excluding carboxylic acids is 1. The Morgan fingerprint density at radius 2 is 2.09 bits per heavy atom. The van der Waals surface area contributed by atoms with Crippen molar-refractivity contribution in [1.82, 2.24) is 10.2 Å². The van der Waals surface area contributed by atoms with E-state index in [1.165, 1.54) is 6.20 Å². The molecule has 1 heterocycles. The lowest BCUT2D eigenvalue weighted by atomic mass is 10.2. The number of piperazine rings is 1. The van der Waals surface area contributed by atoms with E-state index in [2.05, 4.69) is 10.6 Å². The van der Waals surface area contributed by atoms with E-state index in [1.54, 1.807) is 4.90 Å². The van der Waals surface area contributed by atoms with E-state index in [-0.39, 0.29) is 11.5 Å². The van der Waals surface area contributed by atoms with E-state index in [1.807, 2.05) is 37.3 Å². The van der Waals surface area contributed by atoms with Gasteiger partial charge in [-0.25, -0.2) is 0 Å². The van der Waals surface area contributed by atoms with Crippen LogP contribution in [0.2, 0.25) is 0 Å². The monoisotopic (exact) mass is 300 g/mol. The van der Waals surface area contributed by atoms with Crippen LogP contribution >= 0.6 is 0 Å². The Morgan fingerprint density at radius 3 is 2.68 bits per heavy atom. The van der Waals surface area contributed by atoms with Crippen LogP contribution in [0.4, 0.5) is 5.69 Å². The fourth-order valence-electron chi connectivity index (χ4n) is 2.15. The van der Waals surface area contributed by atoms with Gasteiger partial charge in [0.25, 0.3) is 5.91 Å². The fourth-order valence-corrected chi connectivity index (χ4v) is 2.15. The van der Waals surface area contributed by atoms with Crippen molar-refractivity contribution in [2.45, 2.75) is 6.92 Å². The zero-order valence-electron chi connectivity index (χ0n) is 12.6. The number of nitrogens with zero attached hydrogens (tertiary/aromatic N) is 2. The molecule has 1 amide bonds. The van der Waals surface area contributed by atoms with Gasteiger partial charge in [0.2, 0.25) is 0 Å². The first-order valence-corrected chi connectivity index (χ1v) is 7.34. The van der Waals surface area contributed by atoms with E-state index >= 15 is 0 Å². The quantitative estimate of drug-likeness (QED) is 0.634. The molecule has 1 aromatic rings. The third kappa shape index (κ3) is 4.24. The second-order valence-corrected chi connectivity index (χ2v) is 4.81. The normalized spacial score (nSPS) is 15.1. The van der Waals surface area contributed by atoms with E-state index in [4.69, 9.17) is 4.74 Å². The summed E-state index contributed by atoms with van der Waals surface area (Å²) in [4.78, 5) is 13.9. The number of amides is 1. The summed E-state index contributed by atoms with van der Waals surface area (Å²) < 4.78 is 5.36. The number of anilines is 1. The van der Waals surface area contributed by atoms with Crippen LogP contribution in [0.15, 0.2) is 36.0 Å². The molecule has 6 heteroatoms. The number of nitrogens with one attached hydrogen (secondary N) is 2. The minimum atomic E-state index is -0.234. The smallest absolute Gasteiger partial charge is 0.266 e. The van der Waals surface area contributed by atoms with Gasteiger partial charge in [-0.2, -0.15) is 5.26 Å². The van der Waals surface area contributed by atoms with Crippen LogP contribution < -0.4 is 15.4 Å². The minimum Gasteiger partial charge on any atom is -0.494 e. The summed E-state index contributed by atoms with van der Waals surface area (Å²) in [5.74, 6) is 0.553. The first-order valence-electron chi connectivity index (χ1n) is 7.34. The molecule has 0 aromatic heterocycles. The SMILES string of the molecule is CCOc1ccc(N/C=C(/C#N)C(=O)N2CCNCC2)cc1. The van der Waals surface area contributed by atoms with Crippen LogP contribution in [0.3, 0.4) is 0 Å². The van der Waals surface area contributed by atoms with Crippen LogP contribution in [0.5, 0.6) is 5.75 Å². The molecular formula is C16H20N4O2. The number of hydrogen-bond donors (Lipinski definition) is 2. The van der Waals surface area contributed by atoms with Crippen molar-refractivity contribution in [2.24, 2.45) is 0 Å². The third-order valence-electron chi connectivity index (χ3n) is 3.30. The average Bonchev–Trinajstić information content (AvgIpc) is 2.58. The number of hydrogen-bond acceptors (Lipinski definition) is 5. The Morgan fingerprint density at radius 1 is 1.41 bits per heavy atom. The summed E-state index contributed by atoms with van der Waals surface area (Å²) in [5, 5.41) is 15.3. The summed E-state index contributed by atoms with van der Waals surface area (Å²) in [5.41, 5.74) is 0.903. The lowest BCUT2D eigenvalue weighted by molar-refractivity contribution is -0.127. The molecule has 0 unspecified atom stereocenters. The molecular weight excluding hydrogens is 280 g/mol. The number of carbonyl (C=O) groups is 1. The summed E-state index contributed by atoms with van der Waals surface area (Å²) in [7, 11) is 0. The zero-order chi connectivity index (χ0) is 15.8. The third-order valence-corrected chi connectivity index (χ3v) is 3.30. The van der Waals surface area contributed by atoms with E-state index < -0.39 is 0 Å². The Balaban J connectivity index is 1.99. The lowest BCUT2D eigenvalue weighted by Gasteiger charge is -2.27. The van der Waals surface area contributed by atoms with Crippen LogP contribution in [0, 0.1) is 11.3 Å². The predicted molar refractivity (Wildman–Crippen MR) is 84.4 cm³/mol. The Kier molecular flexibility index (Phi) is 5.81. The second-order valence-electron chi connectivity index (χ2n) is 4.81. The lowest BCUT2D eigenvalue weighted by Crippen LogP contribution is -2.46. The predicted octanol–water partition coefficient (Wildman–Crippen LogP) is 1.34. The maximum atomic E-state index is 12.2. The molecule has 1 fully saturated rings. The number of rotatable bonds is 5. The molecule has 0 spiro atoms. The molecule has 116 valence electrons. The van der Waals surface area contributed by atoms with Crippen molar-refractivity contribution in [2.75, 3.05) is 38.1 Å². The zero-order valence-corrected chi connectivity index (χ0v) is 12.6. The van der Waals surface area contributed by atoms with Crippen molar-refractivity contribution in [3.05, 3.63) is 36.0 Å². The molecule has 0 aliphatic carbocycles. The summed E-state index contributed by atoms with van der Waals surface area (Å²) >= 11 is 0. The van der Waals surface area contributed by atoms with Crippen LogP contribution in [0.1, 0.15) is 6.92 Å². The largest absolute Gasteiger partial charge is 0.494 e. The molecule has 2 N–H and O–H groups in total. The highest BCUT2D eigenvalue weighted by Crippen LogP contribution is 2.16. The maximum Gasteiger partial charge on any atom is 0.266 e. The number of ether oxygens (including phenoxy) is 1. The van der Waals surface area contributed by atoms with Gasteiger partial charge in [-0.3, -0.25) is 4.79 Å². The van der Waals surface area contributed by atoms with E-state index in [0.717, 1.165) is 24.5 Å². The van der Waals surface area contributed by atoms with Crippen molar-refractivity contribution >= 4 is 11.6 Å². The summed E-state index contributed by atoms with van der Waals surface area (Å²) in [6.07, 6.45) is 1.46. The van der Waals surface area contributed by atoms with Crippen molar-refractivity contribution in [3.63, 3.8) is 0 Å². The standard InChI is InChI=1S/C16H20N4O2/c1-2-22-15-5-3-14(4-6-15)19-12-13(11-17)16(21)20-9-7-18-8-10-20/h3-6,12,18-19H,2,7-10H2,1H3/b13-12-. The van der Waals surface area contributed by atoms with Gasteiger partial charge in [-0.1, -0.05) is 0 Å². The molecule has 1 aliphatic rings.